The lowest BCUT2D eigenvalue weighted by atomic mass is 9.42. The first-order chi connectivity index (χ1) is 23.1. The van der Waals surface area contributed by atoms with Crippen molar-refractivity contribution in [3.05, 3.63) is 36.3 Å². The van der Waals surface area contributed by atoms with Crippen LogP contribution in [-0.2, 0) is 66.7 Å². The highest BCUT2D eigenvalue weighted by atomic mass is 16.8. The van der Waals surface area contributed by atoms with Gasteiger partial charge in [0.05, 0.1) is 18.4 Å². The molecule has 12 atom stereocenters. The number of hydrogen-bond donors (Lipinski definition) is 0. The molecule has 266 valence electrons. The molecule has 15 nitrogen and oxygen atoms in total. The molecule has 0 N–H and O–H groups in total. The summed E-state index contributed by atoms with van der Waals surface area (Å²) >= 11 is 0. The Hall–Kier alpha value is -4.24. The molecule has 1 aromatic rings. The highest BCUT2D eigenvalue weighted by molar-refractivity contribution is 5.87. The molecule has 0 amide bonds. The molecule has 1 aromatic heterocycles. The van der Waals surface area contributed by atoms with Crippen LogP contribution in [0.25, 0.3) is 0 Å². The zero-order valence-electron chi connectivity index (χ0n) is 28.0. The molecule has 49 heavy (non-hydrogen) atoms. The summed E-state index contributed by atoms with van der Waals surface area (Å²) in [6.07, 6.45) is -1.17. The van der Waals surface area contributed by atoms with Gasteiger partial charge in [0.1, 0.15) is 24.9 Å². The minimum Gasteiger partial charge on any atom is -0.472 e. The summed E-state index contributed by atoms with van der Waals surface area (Å²) < 4.78 is 51.9. The van der Waals surface area contributed by atoms with Crippen molar-refractivity contribution in [1.82, 2.24) is 0 Å². The van der Waals surface area contributed by atoms with Gasteiger partial charge in [0.2, 0.25) is 6.29 Å². The summed E-state index contributed by atoms with van der Waals surface area (Å²) in [6, 6.07) is 1.74. The first-order valence-corrected chi connectivity index (χ1v) is 16.2. The van der Waals surface area contributed by atoms with E-state index in [2.05, 4.69) is 0 Å². The molecule has 12 unspecified atom stereocenters. The Morgan fingerprint density at radius 3 is 2.18 bits per heavy atom. The van der Waals surface area contributed by atoms with E-state index in [0.29, 0.717) is 24.8 Å². The average Bonchev–Trinajstić information content (AvgIpc) is 3.54. The lowest BCUT2D eigenvalue weighted by Crippen LogP contribution is -2.75. The zero-order chi connectivity index (χ0) is 35.5. The number of fused-ring (bicyclic) bond motifs is 2. The fourth-order valence-corrected chi connectivity index (χ4v) is 8.83. The van der Waals surface area contributed by atoms with Gasteiger partial charge in [0, 0.05) is 44.6 Å². The van der Waals surface area contributed by atoms with Crippen LogP contribution in [0.3, 0.4) is 0 Å². The Labute approximate surface area is 281 Å². The van der Waals surface area contributed by atoms with Crippen molar-refractivity contribution in [2.75, 3.05) is 6.61 Å². The van der Waals surface area contributed by atoms with Crippen molar-refractivity contribution in [2.45, 2.75) is 109 Å². The number of carbonyl (C=O) groups excluding carboxylic acids is 6. The van der Waals surface area contributed by atoms with E-state index in [1.54, 1.807) is 18.2 Å². The fourth-order valence-electron chi connectivity index (χ4n) is 8.83. The van der Waals surface area contributed by atoms with Crippen molar-refractivity contribution in [3.8, 4) is 0 Å². The van der Waals surface area contributed by atoms with Crippen LogP contribution >= 0.6 is 0 Å². The summed E-state index contributed by atoms with van der Waals surface area (Å²) in [6.45, 7) is 7.94. The molecule has 0 spiro atoms. The third-order valence-electron chi connectivity index (χ3n) is 10.7. The van der Waals surface area contributed by atoms with Crippen molar-refractivity contribution in [1.29, 1.82) is 0 Å². The number of hydrogen-bond acceptors (Lipinski definition) is 15. The van der Waals surface area contributed by atoms with Crippen LogP contribution in [0.2, 0.25) is 0 Å². The second-order valence-corrected chi connectivity index (χ2v) is 13.8. The van der Waals surface area contributed by atoms with Gasteiger partial charge in [0.25, 0.3) is 0 Å². The van der Waals surface area contributed by atoms with Gasteiger partial charge < -0.3 is 42.3 Å². The second-order valence-electron chi connectivity index (χ2n) is 13.8. The number of ether oxygens (including phenoxy) is 8. The highest BCUT2D eigenvalue weighted by Gasteiger charge is 2.75. The molecule has 15 heteroatoms. The highest BCUT2D eigenvalue weighted by Crippen LogP contribution is 2.68. The summed E-state index contributed by atoms with van der Waals surface area (Å²) in [4.78, 5) is 76.5. The van der Waals surface area contributed by atoms with Crippen molar-refractivity contribution >= 4 is 35.8 Å². The van der Waals surface area contributed by atoms with Gasteiger partial charge in [-0.2, -0.15) is 0 Å². The molecule has 0 radical (unpaired) electrons. The van der Waals surface area contributed by atoms with Gasteiger partial charge >= 0.3 is 35.8 Å². The number of carbonyl (C=O) groups is 6. The van der Waals surface area contributed by atoms with E-state index in [-0.39, 0.29) is 5.97 Å². The van der Waals surface area contributed by atoms with E-state index in [1.807, 2.05) is 13.8 Å². The molecule has 1 saturated carbocycles. The SMILES string of the molecule is CC(=O)OCC1OC(OC23C=CC(OC2=O)C2C4(C)CC(c5ccoc5)OC(=O)C4CCC23C)C(OC(C)=O)C(OC(C)=O)C1OC(C)=O. The van der Waals surface area contributed by atoms with Crippen LogP contribution in [0.1, 0.15) is 72.5 Å². The van der Waals surface area contributed by atoms with E-state index in [1.165, 1.54) is 19.5 Å². The van der Waals surface area contributed by atoms with Crippen LogP contribution in [0.5, 0.6) is 0 Å². The lowest BCUT2D eigenvalue weighted by Gasteiger charge is -2.67. The quantitative estimate of drug-likeness (QED) is 0.220. The molecule has 4 aliphatic heterocycles. The van der Waals surface area contributed by atoms with E-state index in [4.69, 9.17) is 42.3 Å². The van der Waals surface area contributed by atoms with Gasteiger partial charge in [-0.25, -0.2) is 4.79 Å². The van der Waals surface area contributed by atoms with E-state index < -0.39 is 108 Å². The topological polar surface area (TPSA) is 189 Å². The maximum absolute atomic E-state index is 14.1. The van der Waals surface area contributed by atoms with Gasteiger partial charge in [-0.05, 0) is 42.9 Å². The Morgan fingerprint density at radius 1 is 0.898 bits per heavy atom. The predicted molar refractivity (Wildman–Crippen MR) is 159 cm³/mol. The first kappa shape index (κ1) is 34.6. The molecule has 5 heterocycles. The minimum atomic E-state index is -1.85. The Kier molecular flexibility index (Phi) is 8.89. The number of esters is 6. The average molecular weight is 689 g/mol. The molecule has 2 bridgehead atoms. The van der Waals surface area contributed by atoms with Crippen LogP contribution < -0.4 is 0 Å². The Bertz CT molecular complexity index is 1550. The molecule has 0 aromatic carbocycles. The standard InChI is InChI=1S/C34H40O15/c1-16(35)42-15-24-25(43-17(2)36)26(44-18(3)37)27(45-19(4)38)30(47-24)49-34-11-8-22(48-31(34)40)28-32(5)13-23(20-9-12-41-14-20)46-29(39)21(32)7-10-33(28,34)6/h8-9,11-12,14,21-28,30H,7,10,13,15H2,1-6H3. The van der Waals surface area contributed by atoms with Crippen LogP contribution in [-0.4, -0.2) is 84.8 Å². The maximum Gasteiger partial charge on any atom is 0.343 e. The predicted octanol–water partition coefficient (Wildman–Crippen LogP) is 2.64. The first-order valence-electron chi connectivity index (χ1n) is 16.2. The van der Waals surface area contributed by atoms with Crippen LogP contribution in [0, 0.1) is 22.7 Å². The maximum atomic E-state index is 14.1. The third-order valence-corrected chi connectivity index (χ3v) is 10.7. The van der Waals surface area contributed by atoms with Gasteiger partial charge in [-0.3, -0.25) is 24.0 Å². The van der Waals surface area contributed by atoms with Crippen LogP contribution in [0.15, 0.2) is 35.2 Å². The Morgan fingerprint density at radius 2 is 1.57 bits per heavy atom. The molecular formula is C34H40O15. The van der Waals surface area contributed by atoms with E-state index in [9.17, 15) is 28.8 Å². The zero-order valence-corrected chi connectivity index (χ0v) is 28.0. The number of rotatable bonds is 8. The molecule has 4 fully saturated rings. The summed E-state index contributed by atoms with van der Waals surface area (Å²) in [7, 11) is 0. The largest absolute Gasteiger partial charge is 0.472 e. The lowest BCUT2D eigenvalue weighted by molar-refractivity contribution is -0.351. The van der Waals surface area contributed by atoms with Gasteiger partial charge in [0.15, 0.2) is 23.9 Å². The molecule has 7 rings (SSSR count). The summed E-state index contributed by atoms with van der Waals surface area (Å²) in [5.74, 6) is -5.11. The van der Waals surface area contributed by atoms with Gasteiger partial charge in [-0.1, -0.05) is 13.8 Å². The van der Waals surface area contributed by atoms with Crippen molar-refractivity contribution < 1.29 is 71.1 Å². The smallest absolute Gasteiger partial charge is 0.343 e. The summed E-state index contributed by atoms with van der Waals surface area (Å²) in [5, 5.41) is 0. The van der Waals surface area contributed by atoms with Crippen molar-refractivity contribution in [3.63, 3.8) is 0 Å². The monoisotopic (exact) mass is 688 g/mol. The van der Waals surface area contributed by atoms with E-state index >= 15 is 0 Å². The number of cyclic esters (lactones) is 1. The van der Waals surface area contributed by atoms with Crippen molar-refractivity contribution in [2.24, 2.45) is 22.7 Å². The molecule has 3 saturated heterocycles. The Balaban J connectivity index is 1.41. The molecule has 6 aliphatic rings. The van der Waals surface area contributed by atoms with E-state index in [0.717, 1.165) is 20.8 Å². The fraction of sp³-hybridized carbons (Fsp3) is 0.647. The number of furan rings is 1. The third kappa shape index (κ3) is 5.79. The molecular weight excluding hydrogens is 648 g/mol. The minimum absolute atomic E-state index is 0.338. The second kappa shape index (κ2) is 12.6. The van der Waals surface area contributed by atoms with Gasteiger partial charge in [-0.15, -0.1) is 0 Å². The van der Waals surface area contributed by atoms with Crippen LogP contribution in [0.4, 0.5) is 0 Å². The molecule has 2 aliphatic carbocycles. The summed E-state index contributed by atoms with van der Waals surface area (Å²) in [5.41, 5.74) is -2.89. The normalized spacial score (nSPS) is 40.6.